The summed E-state index contributed by atoms with van der Waals surface area (Å²) >= 11 is 2.23. The van der Waals surface area contributed by atoms with Crippen molar-refractivity contribution in [3.05, 3.63) is 58.0 Å². The van der Waals surface area contributed by atoms with E-state index in [1.54, 1.807) is 18.3 Å². The molecule has 0 aliphatic heterocycles. The van der Waals surface area contributed by atoms with E-state index in [9.17, 15) is 4.39 Å². The van der Waals surface area contributed by atoms with Crippen LogP contribution in [0.2, 0.25) is 0 Å². The molecule has 0 amide bonds. The summed E-state index contributed by atoms with van der Waals surface area (Å²) in [7, 11) is 0. The quantitative estimate of drug-likeness (QED) is 0.701. The van der Waals surface area contributed by atoms with E-state index in [2.05, 4.69) is 37.8 Å². The molecule has 2 heterocycles. The molecule has 5 heteroatoms. The highest BCUT2D eigenvalue weighted by atomic mass is 127. The van der Waals surface area contributed by atoms with Gasteiger partial charge in [-0.15, -0.1) is 0 Å². The van der Waals surface area contributed by atoms with Crippen molar-refractivity contribution >= 4 is 22.6 Å². The predicted molar refractivity (Wildman–Crippen MR) is 79.9 cm³/mol. The van der Waals surface area contributed by atoms with Crippen molar-refractivity contribution in [1.82, 2.24) is 15.2 Å². The van der Waals surface area contributed by atoms with Crippen molar-refractivity contribution in [2.75, 3.05) is 0 Å². The van der Waals surface area contributed by atoms with Crippen LogP contribution < -0.4 is 0 Å². The zero-order valence-corrected chi connectivity index (χ0v) is 11.9. The maximum atomic E-state index is 12.9. The van der Waals surface area contributed by atoms with Crippen molar-refractivity contribution in [3.8, 4) is 22.6 Å². The molecule has 0 aliphatic carbocycles. The molecule has 0 radical (unpaired) electrons. The van der Waals surface area contributed by atoms with E-state index < -0.39 is 0 Å². The Hall–Kier alpha value is -1.76. The van der Waals surface area contributed by atoms with Crippen LogP contribution >= 0.6 is 22.6 Å². The number of halogens is 2. The lowest BCUT2D eigenvalue weighted by Crippen LogP contribution is -1.92. The van der Waals surface area contributed by atoms with Gasteiger partial charge in [0.25, 0.3) is 0 Å². The Morgan fingerprint density at radius 3 is 2.47 bits per heavy atom. The standard InChI is InChI=1S/C14H9FIN3/c15-10-3-1-9(2-4-10)12-6-5-11(16)14(18-12)13-7-8-17-19-13/h1-8H,(H,17,19). The molecule has 3 rings (SSSR count). The highest BCUT2D eigenvalue weighted by Gasteiger charge is 2.08. The Morgan fingerprint density at radius 2 is 1.79 bits per heavy atom. The third kappa shape index (κ3) is 2.51. The molecule has 3 nitrogen and oxygen atoms in total. The lowest BCUT2D eigenvalue weighted by Gasteiger charge is -2.05. The molecule has 1 N–H and O–H groups in total. The second-order valence-corrected chi connectivity index (χ2v) is 5.17. The Kier molecular flexibility index (Phi) is 3.29. The predicted octanol–water partition coefficient (Wildman–Crippen LogP) is 3.88. The SMILES string of the molecule is Fc1ccc(-c2ccc(I)c(-c3ccn[nH]3)n2)cc1. The first-order valence-corrected chi connectivity index (χ1v) is 6.74. The highest BCUT2D eigenvalue weighted by molar-refractivity contribution is 14.1. The van der Waals surface area contributed by atoms with Crippen molar-refractivity contribution in [2.45, 2.75) is 0 Å². The fourth-order valence-corrected chi connectivity index (χ4v) is 2.39. The normalized spacial score (nSPS) is 10.6. The molecule has 0 spiro atoms. The number of H-pyrrole nitrogens is 1. The first kappa shape index (κ1) is 12.3. The second-order valence-electron chi connectivity index (χ2n) is 4.00. The van der Waals surface area contributed by atoms with Gasteiger partial charge in [0.2, 0.25) is 0 Å². The molecule has 19 heavy (non-hydrogen) atoms. The first-order valence-electron chi connectivity index (χ1n) is 5.66. The molecular weight excluding hydrogens is 356 g/mol. The number of nitrogens with zero attached hydrogens (tertiary/aromatic N) is 2. The maximum absolute atomic E-state index is 12.9. The van der Waals surface area contributed by atoms with Gasteiger partial charge in [0.15, 0.2) is 0 Å². The summed E-state index contributed by atoms with van der Waals surface area (Å²) in [5.41, 5.74) is 3.41. The molecule has 0 saturated heterocycles. The molecule has 0 aliphatic rings. The van der Waals surface area contributed by atoms with Gasteiger partial charge in [-0.25, -0.2) is 9.37 Å². The first-order chi connectivity index (χ1) is 9.24. The Morgan fingerprint density at radius 1 is 1.00 bits per heavy atom. The van der Waals surface area contributed by atoms with E-state index in [4.69, 9.17) is 0 Å². The minimum Gasteiger partial charge on any atom is -0.276 e. The molecule has 3 aromatic rings. The minimum absolute atomic E-state index is 0.247. The lowest BCUT2D eigenvalue weighted by atomic mass is 10.1. The summed E-state index contributed by atoms with van der Waals surface area (Å²) < 4.78 is 14.0. The summed E-state index contributed by atoms with van der Waals surface area (Å²) in [6.07, 6.45) is 1.69. The lowest BCUT2D eigenvalue weighted by molar-refractivity contribution is 0.628. The van der Waals surface area contributed by atoms with Crippen LogP contribution in [-0.2, 0) is 0 Å². The number of aromatic amines is 1. The second kappa shape index (κ2) is 5.08. The largest absolute Gasteiger partial charge is 0.276 e. The summed E-state index contributed by atoms with van der Waals surface area (Å²) in [5, 5.41) is 6.84. The average molecular weight is 365 g/mol. The number of hydrogen-bond donors (Lipinski definition) is 1. The van der Waals surface area contributed by atoms with Gasteiger partial charge in [0, 0.05) is 15.3 Å². The monoisotopic (exact) mass is 365 g/mol. The summed E-state index contributed by atoms with van der Waals surface area (Å²) in [5.74, 6) is -0.247. The molecule has 1 aromatic carbocycles. The van der Waals surface area contributed by atoms with Gasteiger partial charge >= 0.3 is 0 Å². The summed E-state index contributed by atoms with van der Waals surface area (Å²) in [6, 6.07) is 12.1. The minimum atomic E-state index is -0.247. The van der Waals surface area contributed by atoms with Gasteiger partial charge in [0.1, 0.15) is 11.5 Å². The van der Waals surface area contributed by atoms with Crippen molar-refractivity contribution < 1.29 is 4.39 Å². The van der Waals surface area contributed by atoms with Gasteiger partial charge < -0.3 is 0 Å². The van der Waals surface area contributed by atoms with Crippen molar-refractivity contribution in [2.24, 2.45) is 0 Å². The average Bonchev–Trinajstić information content (AvgIpc) is 2.94. The topological polar surface area (TPSA) is 41.6 Å². The van der Waals surface area contributed by atoms with E-state index in [1.165, 1.54) is 12.1 Å². The number of pyridine rings is 1. The van der Waals surface area contributed by atoms with Crippen LogP contribution in [0.3, 0.4) is 0 Å². The van der Waals surface area contributed by atoms with Crippen LogP contribution in [0.4, 0.5) is 4.39 Å². The van der Waals surface area contributed by atoms with Gasteiger partial charge in [-0.05, 0) is 65.1 Å². The van der Waals surface area contributed by atoms with E-state index in [-0.39, 0.29) is 5.82 Å². The van der Waals surface area contributed by atoms with Crippen LogP contribution in [0.1, 0.15) is 0 Å². The molecule has 0 unspecified atom stereocenters. The number of benzene rings is 1. The van der Waals surface area contributed by atoms with Gasteiger partial charge in [-0.3, -0.25) is 5.10 Å². The fourth-order valence-electron chi connectivity index (χ4n) is 1.80. The number of nitrogens with one attached hydrogen (secondary N) is 1. The summed E-state index contributed by atoms with van der Waals surface area (Å²) in [4.78, 5) is 4.61. The molecule has 0 fully saturated rings. The zero-order valence-electron chi connectivity index (χ0n) is 9.77. The van der Waals surface area contributed by atoms with Crippen LogP contribution in [-0.4, -0.2) is 15.2 Å². The Balaban J connectivity index is 2.09. The van der Waals surface area contributed by atoms with Gasteiger partial charge in [-0.2, -0.15) is 5.10 Å². The highest BCUT2D eigenvalue weighted by Crippen LogP contribution is 2.25. The number of rotatable bonds is 2. The van der Waals surface area contributed by atoms with Crippen LogP contribution in [0.25, 0.3) is 22.6 Å². The van der Waals surface area contributed by atoms with Crippen LogP contribution in [0, 0.1) is 9.39 Å². The Bertz CT molecular complexity index is 693. The van der Waals surface area contributed by atoms with Gasteiger partial charge in [0.05, 0.1) is 11.4 Å². The third-order valence-corrected chi connectivity index (χ3v) is 3.61. The van der Waals surface area contributed by atoms with Crippen molar-refractivity contribution in [3.63, 3.8) is 0 Å². The molecular formula is C14H9FIN3. The molecule has 0 atom stereocenters. The molecule has 2 aromatic heterocycles. The molecule has 0 bridgehead atoms. The zero-order chi connectivity index (χ0) is 13.2. The number of aromatic nitrogens is 3. The smallest absolute Gasteiger partial charge is 0.123 e. The van der Waals surface area contributed by atoms with Crippen LogP contribution in [0.5, 0.6) is 0 Å². The van der Waals surface area contributed by atoms with E-state index in [0.717, 1.165) is 26.2 Å². The molecule has 94 valence electrons. The third-order valence-electron chi connectivity index (χ3n) is 2.74. The van der Waals surface area contributed by atoms with Gasteiger partial charge in [-0.1, -0.05) is 0 Å². The molecule has 0 saturated carbocycles. The fraction of sp³-hybridized carbons (Fsp3) is 0. The maximum Gasteiger partial charge on any atom is 0.123 e. The van der Waals surface area contributed by atoms with Crippen molar-refractivity contribution in [1.29, 1.82) is 0 Å². The van der Waals surface area contributed by atoms with Crippen LogP contribution in [0.15, 0.2) is 48.7 Å². The number of hydrogen-bond acceptors (Lipinski definition) is 2. The van der Waals surface area contributed by atoms with E-state index >= 15 is 0 Å². The van der Waals surface area contributed by atoms with E-state index in [1.807, 2.05) is 18.2 Å². The summed E-state index contributed by atoms with van der Waals surface area (Å²) in [6.45, 7) is 0. The van der Waals surface area contributed by atoms with E-state index in [0.29, 0.717) is 0 Å². The Labute approximate surface area is 123 Å².